The maximum atomic E-state index is 14.3. The summed E-state index contributed by atoms with van der Waals surface area (Å²) in [5.41, 5.74) is 4.69. The Kier molecular flexibility index (Phi) is 9.64. The minimum atomic E-state index is -1.61. The van der Waals surface area contributed by atoms with Crippen LogP contribution in [0.5, 0.6) is 0 Å². The number of nitrogens with zero attached hydrogens (tertiary/aromatic N) is 2. The average molecular weight is 669 g/mol. The van der Waals surface area contributed by atoms with Crippen LogP contribution in [0.15, 0.2) is 175 Å². The predicted octanol–water partition coefficient (Wildman–Crippen LogP) is 7.67. The first-order chi connectivity index (χ1) is 24.6. The van der Waals surface area contributed by atoms with Crippen molar-refractivity contribution in [2.75, 3.05) is 6.26 Å². The molecule has 0 aromatic heterocycles. The van der Waals surface area contributed by atoms with Crippen molar-refractivity contribution in [3.8, 4) is 11.8 Å². The van der Waals surface area contributed by atoms with Gasteiger partial charge in [0.2, 0.25) is 5.54 Å². The first kappa shape index (κ1) is 32.7. The summed E-state index contributed by atoms with van der Waals surface area (Å²) in [6.45, 7) is 0.834. The molecule has 1 aliphatic rings. The molecule has 0 fully saturated rings. The van der Waals surface area contributed by atoms with Crippen LogP contribution in [0.25, 0.3) is 0 Å². The standard InChI is InChI=1S/C45H36N2O2S/c1-50-41-30-28-40(29-31-41)45(44(48)49)42(38-26-24-35(25-27-38)23-22-34-14-6-2-7-15-34)46(32-36-16-8-3-9-17-36)43(39-20-12-5-13-21-39)47(45)33-37-18-10-4-11-19-37/h2-21,24-31,42H,32-33H2,1H3. The highest BCUT2D eigenvalue weighted by atomic mass is 32.2. The number of rotatable bonds is 9. The van der Waals surface area contributed by atoms with Gasteiger partial charge in [-0.15, -0.1) is 11.8 Å². The third-order valence-corrected chi connectivity index (χ3v) is 10.0. The van der Waals surface area contributed by atoms with E-state index in [9.17, 15) is 9.90 Å². The van der Waals surface area contributed by atoms with E-state index in [0.29, 0.717) is 18.7 Å². The quantitative estimate of drug-likeness (QED) is 0.0902. The van der Waals surface area contributed by atoms with Gasteiger partial charge in [0.15, 0.2) is 6.04 Å². The summed E-state index contributed by atoms with van der Waals surface area (Å²) in [5, 5.41) is 14.3. The molecular formula is C45H36N2O2S. The van der Waals surface area contributed by atoms with Gasteiger partial charge >= 0.3 is 0 Å². The minimum absolute atomic E-state index is 0.353. The van der Waals surface area contributed by atoms with Crippen LogP contribution in [0.1, 0.15) is 45.0 Å². The number of carbonyl (C=O) groups is 1. The molecule has 5 heteroatoms. The van der Waals surface area contributed by atoms with Gasteiger partial charge in [-0.3, -0.25) is 0 Å². The monoisotopic (exact) mass is 668 g/mol. The maximum absolute atomic E-state index is 14.3. The normalized spacial score (nSPS) is 16.9. The summed E-state index contributed by atoms with van der Waals surface area (Å²) in [6.07, 6.45) is 2.02. The molecule has 0 amide bonds. The van der Waals surface area contributed by atoms with Gasteiger partial charge in [0.05, 0.1) is 11.5 Å². The van der Waals surface area contributed by atoms with Gasteiger partial charge in [-0.05, 0) is 65.9 Å². The van der Waals surface area contributed by atoms with Crippen LogP contribution in [0.4, 0.5) is 0 Å². The number of carboxylic acid groups (broad SMARTS) is 1. The fourth-order valence-electron chi connectivity index (χ4n) is 6.97. The van der Waals surface area contributed by atoms with Crippen molar-refractivity contribution in [3.63, 3.8) is 0 Å². The first-order valence-corrected chi connectivity index (χ1v) is 17.9. The summed E-state index contributed by atoms with van der Waals surface area (Å²) in [4.78, 5) is 17.5. The Morgan fingerprint density at radius 3 is 1.76 bits per heavy atom. The molecule has 0 bridgehead atoms. The summed E-state index contributed by atoms with van der Waals surface area (Å²) < 4.78 is 2.26. The minimum Gasteiger partial charge on any atom is -0.545 e. The van der Waals surface area contributed by atoms with E-state index in [-0.39, 0.29) is 0 Å². The molecule has 244 valence electrons. The Labute approximate surface area is 298 Å². The van der Waals surface area contributed by atoms with Crippen LogP contribution in [-0.4, -0.2) is 27.5 Å². The number of carboxylic acids is 1. The highest BCUT2D eigenvalue weighted by molar-refractivity contribution is 7.98. The number of carbonyl (C=O) groups excluding carboxylic acids is 1. The zero-order valence-corrected chi connectivity index (χ0v) is 28.6. The Balaban J connectivity index is 1.50. The van der Waals surface area contributed by atoms with Gasteiger partial charge in [0.1, 0.15) is 13.1 Å². The van der Waals surface area contributed by atoms with Gasteiger partial charge in [0, 0.05) is 27.1 Å². The Morgan fingerprint density at radius 1 is 0.680 bits per heavy atom. The van der Waals surface area contributed by atoms with E-state index in [1.54, 1.807) is 11.8 Å². The summed E-state index contributed by atoms with van der Waals surface area (Å²) in [7, 11) is 0. The van der Waals surface area contributed by atoms with Crippen molar-refractivity contribution in [1.82, 2.24) is 4.90 Å². The lowest BCUT2D eigenvalue weighted by Crippen LogP contribution is -2.59. The van der Waals surface area contributed by atoms with Crippen molar-refractivity contribution < 1.29 is 14.5 Å². The number of hydrogen-bond acceptors (Lipinski definition) is 4. The van der Waals surface area contributed by atoms with E-state index < -0.39 is 17.6 Å². The molecule has 6 aromatic rings. The van der Waals surface area contributed by atoms with Crippen LogP contribution in [-0.2, 0) is 23.4 Å². The SMILES string of the molecule is CSc1ccc(C2(C(=O)[O-])C(c3ccc(C#Cc4ccccc4)cc3)[N+](Cc3ccccc3)=C(c3ccccc3)N2Cc2ccccc2)cc1. The van der Waals surface area contributed by atoms with E-state index in [1.807, 2.05) is 140 Å². The third kappa shape index (κ3) is 6.46. The van der Waals surface area contributed by atoms with Crippen LogP contribution < -0.4 is 5.11 Å². The van der Waals surface area contributed by atoms with Crippen molar-refractivity contribution >= 4 is 23.6 Å². The summed E-state index contributed by atoms with van der Waals surface area (Å²) in [5.74, 6) is 6.20. The molecule has 2 unspecified atom stereocenters. The Morgan fingerprint density at radius 2 is 1.20 bits per heavy atom. The molecule has 0 radical (unpaired) electrons. The van der Waals surface area contributed by atoms with Crippen molar-refractivity contribution in [2.24, 2.45) is 0 Å². The van der Waals surface area contributed by atoms with Gasteiger partial charge in [-0.25, -0.2) is 9.48 Å². The number of hydrogen-bond donors (Lipinski definition) is 0. The number of aliphatic carboxylic acids is 1. The van der Waals surface area contributed by atoms with Gasteiger partial charge < -0.3 is 9.90 Å². The molecule has 0 spiro atoms. The molecule has 0 N–H and O–H groups in total. The van der Waals surface area contributed by atoms with Crippen molar-refractivity contribution in [1.29, 1.82) is 0 Å². The van der Waals surface area contributed by atoms with Crippen molar-refractivity contribution in [3.05, 3.63) is 209 Å². The number of benzene rings is 6. The van der Waals surface area contributed by atoms with Crippen LogP contribution in [0, 0.1) is 11.8 Å². The maximum Gasteiger partial charge on any atom is 0.281 e. The molecule has 1 heterocycles. The molecule has 2 atom stereocenters. The lowest BCUT2D eigenvalue weighted by molar-refractivity contribution is -0.587. The molecular weight excluding hydrogens is 633 g/mol. The van der Waals surface area contributed by atoms with Crippen LogP contribution in [0.3, 0.4) is 0 Å². The number of amidine groups is 1. The fourth-order valence-corrected chi connectivity index (χ4v) is 7.38. The molecule has 0 aliphatic carbocycles. The number of thioether (sulfide) groups is 1. The molecule has 0 saturated carbocycles. The second-order valence-electron chi connectivity index (χ2n) is 12.3. The van der Waals surface area contributed by atoms with E-state index in [0.717, 1.165) is 44.1 Å². The fraction of sp³-hybridized carbons (Fsp3) is 0.111. The van der Waals surface area contributed by atoms with E-state index >= 15 is 0 Å². The van der Waals surface area contributed by atoms with E-state index in [2.05, 4.69) is 57.7 Å². The molecule has 0 saturated heterocycles. The van der Waals surface area contributed by atoms with Crippen molar-refractivity contribution in [2.45, 2.75) is 29.6 Å². The average Bonchev–Trinajstić information content (AvgIpc) is 3.45. The molecule has 6 aromatic carbocycles. The Bertz CT molecular complexity index is 2160. The molecule has 7 rings (SSSR count). The van der Waals surface area contributed by atoms with Gasteiger partial charge in [-0.2, -0.15) is 0 Å². The zero-order chi connectivity index (χ0) is 34.3. The second kappa shape index (κ2) is 14.7. The smallest absolute Gasteiger partial charge is 0.281 e. The van der Waals surface area contributed by atoms with Crippen LogP contribution >= 0.6 is 11.8 Å². The van der Waals surface area contributed by atoms with Crippen LogP contribution in [0.2, 0.25) is 0 Å². The lowest BCUT2D eigenvalue weighted by atomic mass is 9.78. The van der Waals surface area contributed by atoms with Gasteiger partial charge in [0.25, 0.3) is 5.84 Å². The topological polar surface area (TPSA) is 46.4 Å². The molecule has 1 aliphatic heterocycles. The van der Waals surface area contributed by atoms with E-state index in [4.69, 9.17) is 0 Å². The van der Waals surface area contributed by atoms with E-state index in [1.165, 1.54) is 0 Å². The summed E-state index contributed by atoms with van der Waals surface area (Å²) in [6, 6.07) is 55.6. The first-order valence-electron chi connectivity index (χ1n) is 16.7. The molecule has 50 heavy (non-hydrogen) atoms. The lowest BCUT2D eigenvalue weighted by Gasteiger charge is -2.39. The third-order valence-electron chi connectivity index (χ3n) is 9.26. The second-order valence-corrected chi connectivity index (χ2v) is 13.2. The highest BCUT2D eigenvalue weighted by Crippen LogP contribution is 2.49. The summed E-state index contributed by atoms with van der Waals surface area (Å²) >= 11 is 1.63. The molecule has 4 nitrogen and oxygen atoms in total. The zero-order valence-electron chi connectivity index (χ0n) is 27.8. The largest absolute Gasteiger partial charge is 0.545 e. The van der Waals surface area contributed by atoms with Gasteiger partial charge in [-0.1, -0.05) is 133 Å². The Hall–Kier alpha value is -5.83. The predicted molar refractivity (Wildman–Crippen MR) is 199 cm³/mol. The highest BCUT2D eigenvalue weighted by Gasteiger charge is 2.63.